The Bertz CT molecular complexity index is 807. The van der Waals surface area contributed by atoms with Gasteiger partial charge in [-0.3, -0.25) is 14.6 Å². The Labute approximate surface area is 154 Å². The van der Waals surface area contributed by atoms with Crippen LogP contribution in [0.3, 0.4) is 0 Å². The number of carbonyl (C=O) groups is 2. The zero-order chi connectivity index (χ0) is 19.4. The molecule has 1 atom stereocenters. The van der Waals surface area contributed by atoms with Crippen molar-refractivity contribution in [3.63, 3.8) is 0 Å². The van der Waals surface area contributed by atoms with E-state index in [0.717, 1.165) is 30.3 Å². The summed E-state index contributed by atoms with van der Waals surface area (Å²) in [6, 6.07) is 10.5. The van der Waals surface area contributed by atoms with Gasteiger partial charge in [0.1, 0.15) is 5.69 Å². The minimum atomic E-state index is -4.56. The van der Waals surface area contributed by atoms with Crippen LogP contribution in [0.1, 0.15) is 40.5 Å². The van der Waals surface area contributed by atoms with Gasteiger partial charge in [-0.05, 0) is 24.1 Å². The second-order valence-corrected chi connectivity index (χ2v) is 6.31. The highest BCUT2D eigenvalue weighted by Crippen LogP contribution is 2.27. The van der Waals surface area contributed by atoms with E-state index in [-0.39, 0.29) is 11.5 Å². The predicted molar refractivity (Wildman–Crippen MR) is 91.7 cm³/mol. The van der Waals surface area contributed by atoms with Crippen molar-refractivity contribution in [2.45, 2.75) is 25.1 Å². The molecule has 2 aromatic rings. The van der Waals surface area contributed by atoms with Gasteiger partial charge in [-0.25, -0.2) is 0 Å². The number of nitrogens with zero attached hydrogens (tertiary/aromatic N) is 2. The summed E-state index contributed by atoms with van der Waals surface area (Å²) in [6.07, 6.45) is -2.39. The minimum absolute atomic E-state index is 0.0247. The third kappa shape index (κ3) is 4.64. The zero-order valence-corrected chi connectivity index (χ0v) is 14.4. The molecule has 2 heterocycles. The zero-order valence-electron chi connectivity index (χ0n) is 14.4. The summed E-state index contributed by atoms with van der Waals surface area (Å²) in [5.41, 5.74) is -0.219. The van der Waals surface area contributed by atoms with Crippen molar-refractivity contribution in [1.82, 2.24) is 15.2 Å². The van der Waals surface area contributed by atoms with Crippen LogP contribution in [-0.2, 0) is 11.0 Å². The van der Waals surface area contributed by atoms with Gasteiger partial charge >= 0.3 is 6.18 Å². The Morgan fingerprint density at radius 3 is 2.48 bits per heavy atom. The first kappa shape index (κ1) is 18.9. The van der Waals surface area contributed by atoms with Crippen LogP contribution in [0.2, 0.25) is 0 Å². The fourth-order valence-electron chi connectivity index (χ4n) is 2.97. The fraction of sp³-hybridized carbons (Fsp3) is 0.316. The highest BCUT2D eigenvalue weighted by atomic mass is 19.4. The molecule has 8 heteroatoms. The van der Waals surface area contributed by atoms with Crippen molar-refractivity contribution in [3.05, 3.63) is 65.5 Å². The van der Waals surface area contributed by atoms with Crippen LogP contribution in [0, 0.1) is 0 Å². The van der Waals surface area contributed by atoms with Gasteiger partial charge in [0.25, 0.3) is 5.91 Å². The number of pyridine rings is 1. The van der Waals surface area contributed by atoms with E-state index < -0.39 is 23.8 Å². The monoisotopic (exact) mass is 377 g/mol. The van der Waals surface area contributed by atoms with Gasteiger partial charge in [-0.15, -0.1) is 0 Å². The molecule has 1 aliphatic rings. The highest BCUT2D eigenvalue weighted by molar-refractivity contribution is 5.94. The molecular weight excluding hydrogens is 359 g/mol. The van der Waals surface area contributed by atoms with E-state index in [0.29, 0.717) is 19.5 Å². The van der Waals surface area contributed by atoms with Gasteiger partial charge in [0.05, 0.1) is 11.6 Å². The number of benzene rings is 1. The third-order valence-corrected chi connectivity index (χ3v) is 4.40. The lowest BCUT2D eigenvalue weighted by atomic mass is 10.1. The summed E-state index contributed by atoms with van der Waals surface area (Å²) in [7, 11) is 0. The summed E-state index contributed by atoms with van der Waals surface area (Å²) in [5.74, 6) is -0.516. The summed E-state index contributed by atoms with van der Waals surface area (Å²) in [4.78, 5) is 29.4. The first-order valence-corrected chi connectivity index (χ1v) is 8.51. The summed E-state index contributed by atoms with van der Waals surface area (Å²) in [6.45, 7) is 0.933. The van der Waals surface area contributed by atoms with E-state index in [1.165, 1.54) is 0 Å². The van der Waals surface area contributed by atoms with E-state index in [1.807, 2.05) is 30.3 Å². The van der Waals surface area contributed by atoms with E-state index >= 15 is 0 Å². The number of amides is 2. The molecule has 1 aromatic carbocycles. The molecule has 2 amide bonds. The van der Waals surface area contributed by atoms with Crippen LogP contribution in [-0.4, -0.2) is 34.8 Å². The SMILES string of the molecule is O=C(N[C@@H](CN1CCCC1=O)c1ccccc1)c1ccc(C(F)(F)F)nc1. The van der Waals surface area contributed by atoms with Gasteiger partial charge < -0.3 is 10.2 Å². The lowest BCUT2D eigenvalue weighted by molar-refractivity contribution is -0.141. The molecule has 0 unspecified atom stereocenters. The first-order valence-electron chi connectivity index (χ1n) is 8.51. The number of alkyl halides is 3. The van der Waals surface area contributed by atoms with Gasteiger partial charge in [0.2, 0.25) is 5.91 Å². The summed E-state index contributed by atoms with van der Waals surface area (Å²) >= 11 is 0. The lowest BCUT2D eigenvalue weighted by Gasteiger charge is -2.25. The minimum Gasteiger partial charge on any atom is -0.343 e. The standard InChI is InChI=1S/C19H18F3N3O2/c20-19(21,22)16-9-8-14(11-23-16)18(27)24-15(13-5-2-1-3-6-13)12-25-10-4-7-17(25)26/h1-3,5-6,8-9,11,15H,4,7,10,12H2,(H,24,27)/t15-/m0/s1. The quantitative estimate of drug-likeness (QED) is 0.871. The van der Waals surface area contributed by atoms with E-state index in [9.17, 15) is 22.8 Å². The molecule has 1 N–H and O–H groups in total. The van der Waals surface area contributed by atoms with Crippen LogP contribution in [0.15, 0.2) is 48.7 Å². The molecule has 0 aliphatic carbocycles. The largest absolute Gasteiger partial charge is 0.433 e. The average Bonchev–Trinajstić information content (AvgIpc) is 3.06. The van der Waals surface area contributed by atoms with Crippen molar-refractivity contribution >= 4 is 11.8 Å². The molecule has 142 valence electrons. The van der Waals surface area contributed by atoms with E-state index in [2.05, 4.69) is 10.3 Å². The van der Waals surface area contributed by atoms with Crippen LogP contribution in [0.25, 0.3) is 0 Å². The molecule has 0 saturated carbocycles. The number of hydrogen-bond acceptors (Lipinski definition) is 3. The van der Waals surface area contributed by atoms with Crippen LogP contribution in [0.4, 0.5) is 13.2 Å². The topological polar surface area (TPSA) is 62.3 Å². The van der Waals surface area contributed by atoms with Crippen molar-refractivity contribution in [1.29, 1.82) is 0 Å². The fourth-order valence-corrected chi connectivity index (χ4v) is 2.97. The third-order valence-electron chi connectivity index (χ3n) is 4.40. The maximum absolute atomic E-state index is 12.6. The Balaban J connectivity index is 1.76. The number of carbonyl (C=O) groups excluding carboxylic acids is 2. The van der Waals surface area contributed by atoms with Crippen molar-refractivity contribution in [2.24, 2.45) is 0 Å². The molecule has 0 spiro atoms. The normalized spacial score (nSPS) is 15.7. The Morgan fingerprint density at radius 2 is 1.93 bits per heavy atom. The molecule has 5 nitrogen and oxygen atoms in total. The first-order chi connectivity index (χ1) is 12.8. The van der Waals surface area contributed by atoms with E-state index in [1.54, 1.807) is 4.90 Å². The van der Waals surface area contributed by atoms with Crippen molar-refractivity contribution in [2.75, 3.05) is 13.1 Å². The van der Waals surface area contributed by atoms with Gasteiger partial charge in [0.15, 0.2) is 0 Å². The van der Waals surface area contributed by atoms with Crippen LogP contribution in [0.5, 0.6) is 0 Å². The summed E-state index contributed by atoms with van der Waals surface area (Å²) in [5, 5.41) is 2.80. The lowest BCUT2D eigenvalue weighted by Crippen LogP contribution is -2.38. The Kier molecular flexibility index (Phi) is 5.43. The van der Waals surface area contributed by atoms with E-state index in [4.69, 9.17) is 0 Å². The smallest absolute Gasteiger partial charge is 0.343 e. The Morgan fingerprint density at radius 1 is 1.19 bits per heavy atom. The number of likely N-dealkylation sites (tertiary alicyclic amines) is 1. The summed E-state index contributed by atoms with van der Waals surface area (Å²) < 4.78 is 37.8. The number of hydrogen-bond donors (Lipinski definition) is 1. The number of rotatable bonds is 5. The molecule has 1 aliphatic heterocycles. The molecule has 1 saturated heterocycles. The maximum atomic E-state index is 12.6. The number of aromatic nitrogens is 1. The Hall–Kier alpha value is -2.90. The van der Waals surface area contributed by atoms with Gasteiger partial charge in [-0.2, -0.15) is 13.2 Å². The highest BCUT2D eigenvalue weighted by Gasteiger charge is 2.32. The molecule has 1 aromatic heterocycles. The number of nitrogens with one attached hydrogen (secondary N) is 1. The van der Waals surface area contributed by atoms with Crippen LogP contribution < -0.4 is 5.32 Å². The molecule has 1 fully saturated rings. The second kappa shape index (κ2) is 7.77. The molecule has 0 radical (unpaired) electrons. The molecule has 27 heavy (non-hydrogen) atoms. The molecule has 0 bridgehead atoms. The number of halogens is 3. The van der Waals surface area contributed by atoms with Crippen molar-refractivity contribution in [3.8, 4) is 0 Å². The predicted octanol–water partition coefficient (Wildman–Crippen LogP) is 3.19. The maximum Gasteiger partial charge on any atom is 0.433 e. The molecular formula is C19H18F3N3O2. The second-order valence-electron chi connectivity index (χ2n) is 6.31. The van der Waals surface area contributed by atoms with Crippen molar-refractivity contribution < 1.29 is 22.8 Å². The van der Waals surface area contributed by atoms with Crippen LogP contribution >= 0.6 is 0 Å². The van der Waals surface area contributed by atoms with Gasteiger partial charge in [0, 0.05) is 25.7 Å². The van der Waals surface area contributed by atoms with Gasteiger partial charge in [-0.1, -0.05) is 30.3 Å². The molecule has 3 rings (SSSR count). The average molecular weight is 377 g/mol.